The third-order valence-electron chi connectivity index (χ3n) is 6.37. The van der Waals surface area contributed by atoms with E-state index in [4.69, 9.17) is 5.11 Å². The highest BCUT2D eigenvalue weighted by molar-refractivity contribution is 7.98. The number of para-hydroxylation sites is 2. The first kappa shape index (κ1) is 27.4. The number of amides is 2. The van der Waals surface area contributed by atoms with Crippen molar-refractivity contribution in [1.29, 1.82) is 5.26 Å². The van der Waals surface area contributed by atoms with Crippen LogP contribution in [-0.2, 0) is 20.1 Å². The van der Waals surface area contributed by atoms with Gasteiger partial charge >= 0.3 is 5.97 Å². The molecule has 0 saturated carbocycles. The number of benzene rings is 3. The lowest BCUT2D eigenvalue weighted by atomic mass is 9.97. The Morgan fingerprint density at radius 1 is 0.951 bits per heavy atom. The number of hydrogen-bond donors (Lipinski definition) is 3. The maximum absolute atomic E-state index is 13.7. The van der Waals surface area contributed by atoms with Gasteiger partial charge in [-0.1, -0.05) is 36.4 Å². The molecule has 0 fully saturated rings. The molecule has 1 atom stereocenters. The summed E-state index contributed by atoms with van der Waals surface area (Å²) < 4.78 is 1.61. The number of Topliss-reactive ketones (excluding diaryl/α,β-unsaturated/α-hetero) is 1. The van der Waals surface area contributed by atoms with Crippen LogP contribution in [0.4, 0.5) is 11.4 Å². The van der Waals surface area contributed by atoms with Crippen molar-refractivity contribution in [2.24, 2.45) is 5.92 Å². The summed E-state index contributed by atoms with van der Waals surface area (Å²) >= 11 is 1.46. The smallest absolute Gasteiger partial charge is 0.303 e. The molecule has 1 unspecified atom stereocenters. The van der Waals surface area contributed by atoms with Crippen LogP contribution in [0.5, 0.6) is 0 Å². The van der Waals surface area contributed by atoms with Gasteiger partial charge in [0, 0.05) is 39.6 Å². The first-order chi connectivity index (χ1) is 19.9. The third kappa shape index (κ3) is 5.88. The van der Waals surface area contributed by atoms with E-state index in [0.29, 0.717) is 39.6 Å². The molecule has 1 aliphatic rings. The number of fused-ring (bicyclic) bond motifs is 3. The second-order valence-electron chi connectivity index (χ2n) is 9.15. The Morgan fingerprint density at radius 2 is 1.66 bits per heavy atom. The van der Waals surface area contributed by atoms with Crippen LogP contribution in [0.2, 0.25) is 0 Å². The predicted octanol–water partition coefficient (Wildman–Crippen LogP) is 4.91. The number of anilines is 2. The molecule has 3 N–H and O–H groups in total. The molecule has 10 nitrogen and oxygen atoms in total. The number of rotatable bonds is 9. The zero-order valence-electron chi connectivity index (χ0n) is 21.5. The molecule has 1 aliphatic heterocycles. The molecule has 2 amide bonds. The van der Waals surface area contributed by atoms with E-state index in [1.807, 2.05) is 42.5 Å². The third-order valence-corrected chi connectivity index (χ3v) is 7.47. The zero-order valence-corrected chi connectivity index (χ0v) is 22.4. The van der Waals surface area contributed by atoms with Crippen LogP contribution in [0.15, 0.2) is 83.8 Å². The minimum atomic E-state index is -1.62. The molecule has 41 heavy (non-hydrogen) atoms. The highest BCUT2D eigenvalue weighted by Gasteiger charge is 2.35. The van der Waals surface area contributed by atoms with Gasteiger partial charge in [-0.15, -0.1) is 11.8 Å². The number of nitrogens with one attached hydrogen (secondary N) is 2. The van der Waals surface area contributed by atoms with Gasteiger partial charge in [0.25, 0.3) is 0 Å². The number of nitrogens with zero attached hydrogens (tertiary/aromatic N) is 3. The van der Waals surface area contributed by atoms with E-state index in [-0.39, 0.29) is 18.5 Å². The SMILES string of the molecule is N#CC(C(=O)Nc1ccccc1)C(=O)c1nn(-c2ccccc2)c2c1CSc1ccc(NC(=O)CCC(=O)O)cc1-2. The molecule has 0 radical (unpaired) electrons. The summed E-state index contributed by atoms with van der Waals surface area (Å²) in [6.45, 7) is 0. The maximum atomic E-state index is 13.7. The van der Waals surface area contributed by atoms with Gasteiger partial charge in [0.2, 0.25) is 17.6 Å². The number of carbonyl (C=O) groups excluding carboxylic acids is 3. The number of carboxylic acid groups (broad SMARTS) is 1. The van der Waals surface area contributed by atoms with Gasteiger partial charge < -0.3 is 15.7 Å². The van der Waals surface area contributed by atoms with Gasteiger partial charge in [-0.3, -0.25) is 19.2 Å². The molecule has 5 rings (SSSR count). The average molecular weight is 566 g/mol. The number of thioether (sulfide) groups is 1. The number of aromatic nitrogens is 2. The zero-order chi connectivity index (χ0) is 28.9. The Labute approximate surface area is 239 Å². The van der Waals surface area contributed by atoms with Crippen molar-refractivity contribution in [2.45, 2.75) is 23.5 Å². The van der Waals surface area contributed by atoms with Crippen molar-refractivity contribution in [1.82, 2.24) is 9.78 Å². The van der Waals surface area contributed by atoms with E-state index in [0.717, 1.165) is 4.90 Å². The largest absolute Gasteiger partial charge is 0.481 e. The summed E-state index contributed by atoms with van der Waals surface area (Å²) in [6, 6.07) is 24.9. The van der Waals surface area contributed by atoms with Crippen LogP contribution in [0.1, 0.15) is 28.9 Å². The molecule has 1 aromatic heterocycles. The number of carbonyl (C=O) groups is 4. The van der Waals surface area contributed by atoms with Crippen LogP contribution in [0, 0.1) is 17.2 Å². The Morgan fingerprint density at radius 3 is 2.34 bits per heavy atom. The predicted molar refractivity (Wildman–Crippen MR) is 153 cm³/mol. The fraction of sp³-hybridized carbons (Fsp3) is 0.133. The van der Waals surface area contributed by atoms with Crippen LogP contribution in [-0.4, -0.2) is 38.5 Å². The normalized spacial score (nSPS) is 12.3. The Hall–Kier alpha value is -5.21. The molecule has 2 heterocycles. The average Bonchev–Trinajstić information content (AvgIpc) is 3.38. The highest BCUT2D eigenvalue weighted by Crippen LogP contribution is 2.45. The van der Waals surface area contributed by atoms with Crippen molar-refractivity contribution >= 4 is 46.7 Å². The first-order valence-electron chi connectivity index (χ1n) is 12.6. The second-order valence-corrected chi connectivity index (χ2v) is 10.2. The monoisotopic (exact) mass is 565 g/mol. The van der Waals surface area contributed by atoms with Gasteiger partial charge in [0.15, 0.2) is 5.92 Å². The number of nitriles is 1. The first-order valence-corrected chi connectivity index (χ1v) is 13.6. The van der Waals surface area contributed by atoms with Crippen molar-refractivity contribution in [3.63, 3.8) is 0 Å². The lowest BCUT2D eigenvalue weighted by Crippen LogP contribution is -2.29. The summed E-state index contributed by atoms with van der Waals surface area (Å²) in [6.07, 6.45) is -0.464. The van der Waals surface area contributed by atoms with Crippen LogP contribution >= 0.6 is 11.8 Å². The summed E-state index contributed by atoms with van der Waals surface area (Å²) in [7, 11) is 0. The Kier molecular flexibility index (Phi) is 7.94. The lowest BCUT2D eigenvalue weighted by molar-refractivity contribution is -0.138. The fourth-order valence-corrected chi connectivity index (χ4v) is 5.49. The lowest BCUT2D eigenvalue weighted by Gasteiger charge is -2.20. The Balaban J connectivity index is 1.55. The van der Waals surface area contributed by atoms with E-state index >= 15 is 0 Å². The maximum Gasteiger partial charge on any atom is 0.303 e. The summed E-state index contributed by atoms with van der Waals surface area (Å²) in [5, 5.41) is 28.7. The summed E-state index contributed by atoms with van der Waals surface area (Å²) in [4.78, 5) is 50.7. The van der Waals surface area contributed by atoms with Crippen molar-refractivity contribution < 1.29 is 24.3 Å². The van der Waals surface area contributed by atoms with Gasteiger partial charge in [-0.2, -0.15) is 10.4 Å². The van der Waals surface area contributed by atoms with Gasteiger partial charge in [-0.25, -0.2) is 4.68 Å². The topological polar surface area (TPSA) is 154 Å². The molecule has 4 aromatic rings. The molecule has 0 bridgehead atoms. The van der Waals surface area contributed by atoms with E-state index in [1.165, 1.54) is 11.8 Å². The molecular formula is C30H23N5O5S. The molecular weight excluding hydrogens is 542 g/mol. The van der Waals surface area contributed by atoms with Gasteiger partial charge in [0.1, 0.15) is 5.69 Å². The van der Waals surface area contributed by atoms with Crippen molar-refractivity contribution in [2.75, 3.05) is 10.6 Å². The number of hydrogen-bond acceptors (Lipinski definition) is 7. The van der Waals surface area contributed by atoms with Crippen molar-refractivity contribution in [3.8, 4) is 23.0 Å². The number of ketones is 1. The summed E-state index contributed by atoms with van der Waals surface area (Å²) in [5.41, 5.74) is 3.48. The minimum Gasteiger partial charge on any atom is -0.481 e. The van der Waals surface area contributed by atoms with Crippen LogP contribution < -0.4 is 10.6 Å². The summed E-state index contributed by atoms with van der Waals surface area (Å²) in [5.74, 6) is -4.21. The van der Waals surface area contributed by atoms with Crippen LogP contribution in [0.25, 0.3) is 16.9 Å². The van der Waals surface area contributed by atoms with E-state index in [1.54, 1.807) is 47.1 Å². The molecule has 0 saturated heterocycles. The Bertz CT molecular complexity index is 1700. The van der Waals surface area contributed by atoms with E-state index in [9.17, 15) is 24.4 Å². The van der Waals surface area contributed by atoms with Crippen LogP contribution in [0.3, 0.4) is 0 Å². The van der Waals surface area contributed by atoms with Crippen molar-refractivity contribution in [3.05, 3.63) is 90.1 Å². The van der Waals surface area contributed by atoms with E-state index < -0.39 is 29.5 Å². The number of carboxylic acids is 1. The molecule has 3 aromatic carbocycles. The minimum absolute atomic E-state index is 0.0210. The molecule has 0 spiro atoms. The molecule has 0 aliphatic carbocycles. The number of aliphatic carboxylic acids is 1. The highest BCUT2D eigenvalue weighted by atomic mass is 32.2. The molecule has 204 valence electrons. The second kappa shape index (κ2) is 11.9. The van der Waals surface area contributed by atoms with Gasteiger partial charge in [-0.05, 0) is 42.5 Å². The van der Waals surface area contributed by atoms with Gasteiger partial charge in [0.05, 0.1) is 23.9 Å². The quantitative estimate of drug-likeness (QED) is 0.191. The van der Waals surface area contributed by atoms with E-state index in [2.05, 4.69) is 15.7 Å². The molecule has 11 heteroatoms. The fourth-order valence-electron chi connectivity index (χ4n) is 4.44. The standard InChI is InChI=1S/C30H23N5O5S/c31-16-22(30(40)33-18-7-3-1-4-8-18)29(39)27-23-17-41-24-12-11-19(32-25(36)13-14-26(37)38)15-21(24)28(23)35(34-27)20-9-5-2-6-10-20/h1-12,15,22H,13-14,17H2,(H,32,36)(H,33,40)(H,37,38).